The summed E-state index contributed by atoms with van der Waals surface area (Å²) in [7, 11) is 4.56. The molecule has 0 aliphatic carbocycles. The Labute approximate surface area is 116 Å². The van der Waals surface area contributed by atoms with Gasteiger partial charge in [0.15, 0.2) is 0 Å². The van der Waals surface area contributed by atoms with Crippen LogP contribution in [0.5, 0.6) is 0 Å². The monoisotopic (exact) mass is 292 g/mol. The third-order valence-electron chi connectivity index (χ3n) is 3.01. The minimum Gasteiger partial charge on any atom is -0.397 e. The molecule has 108 valence electrons. The van der Waals surface area contributed by atoms with Crippen molar-refractivity contribution in [2.75, 3.05) is 28.4 Å². The summed E-state index contributed by atoms with van der Waals surface area (Å²) in [5.41, 5.74) is 0.454. The van der Waals surface area contributed by atoms with E-state index in [2.05, 4.69) is 6.92 Å². The van der Waals surface area contributed by atoms with Crippen LogP contribution < -0.4 is 0 Å². The molecule has 0 N–H and O–H groups in total. The van der Waals surface area contributed by atoms with Crippen LogP contribution in [-0.2, 0) is 17.7 Å². The summed E-state index contributed by atoms with van der Waals surface area (Å²) in [4.78, 5) is 0. The number of hydrogen-bond acceptors (Lipinski definition) is 4. The van der Waals surface area contributed by atoms with E-state index in [0.717, 1.165) is 12.5 Å². The molecule has 1 atom stereocenters. The van der Waals surface area contributed by atoms with Crippen molar-refractivity contribution in [2.24, 2.45) is 0 Å². The van der Waals surface area contributed by atoms with Gasteiger partial charge < -0.3 is 17.7 Å². The van der Waals surface area contributed by atoms with E-state index < -0.39 is 18.6 Å². The van der Waals surface area contributed by atoms with Gasteiger partial charge in [0.1, 0.15) is 0 Å². The van der Waals surface area contributed by atoms with Gasteiger partial charge in [-0.15, -0.1) is 0 Å². The zero-order valence-electron chi connectivity index (χ0n) is 12.5. The summed E-state index contributed by atoms with van der Waals surface area (Å²) in [6.45, 7) is 2.23. The fourth-order valence-corrected chi connectivity index (χ4v) is 5.53. The predicted molar refractivity (Wildman–Crippen MR) is 76.9 cm³/mol. The molecule has 0 aromatic rings. The molecule has 0 aliphatic rings. The van der Waals surface area contributed by atoms with Crippen molar-refractivity contribution in [3.8, 4) is 0 Å². The van der Waals surface area contributed by atoms with Crippen LogP contribution in [0.4, 0.5) is 0 Å². The van der Waals surface area contributed by atoms with Gasteiger partial charge in [-0.2, -0.15) is 0 Å². The van der Waals surface area contributed by atoms with E-state index in [9.17, 15) is 0 Å². The molecule has 0 aliphatic heterocycles. The zero-order chi connectivity index (χ0) is 13.8. The number of unbranched alkanes of at least 4 members (excludes halogenated alkanes) is 3. The first-order valence-electron chi connectivity index (χ1n) is 6.62. The predicted octanol–water partition coefficient (Wildman–Crippen LogP) is 2.89. The average molecular weight is 293 g/mol. The highest BCUT2D eigenvalue weighted by atomic mass is 28.3. The van der Waals surface area contributed by atoms with Crippen LogP contribution in [0.2, 0.25) is 11.6 Å². The molecule has 0 heterocycles. The fraction of sp³-hybridized carbons (Fsp3) is 1.00. The quantitative estimate of drug-likeness (QED) is 0.409. The molecule has 0 saturated carbocycles. The van der Waals surface area contributed by atoms with Crippen LogP contribution in [0.25, 0.3) is 0 Å². The van der Waals surface area contributed by atoms with Gasteiger partial charge in [0.25, 0.3) is 0 Å². The van der Waals surface area contributed by atoms with Crippen LogP contribution in [0.15, 0.2) is 0 Å². The lowest BCUT2D eigenvalue weighted by atomic mass is 10.1. The van der Waals surface area contributed by atoms with Crippen molar-refractivity contribution in [2.45, 2.75) is 50.6 Å². The third kappa shape index (κ3) is 7.65. The lowest BCUT2D eigenvalue weighted by Crippen LogP contribution is -2.31. The van der Waals surface area contributed by atoms with Gasteiger partial charge in [0.05, 0.1) is 0 Å². The van der Waals surface area contributed by atoms with E-state index in [0.29, 0.717) is 5.54 Å². The molecule has 0 amide bonds. The van der Waals surface area contributed by atoms with Gasteiger partial charge in [-0.05, 0) is 12.5 Å². The first-order chi connectivity index (χ1) is 8.73. The minimum atomic E-state index is -1.20. The molecule has 0 bridgehead atoms. The molecule has 1 unspecified atom stereocenters. The first kappa shape index (κ1) is 18.3. The van der Waals surface area contributed by atoms with Crippen molar-refractivity contribution in [1.82, 2.24) is 0 Å². The molecule has 0 fully saturated rings. The van der Waals surface area contributed by atoms with E-state index in [1.54, 1.807) is 28.4 Å². The highest BCUT2D eigenvalue weighted by molar-refractivity contribution is 6.52. The van der Waals surface area contributed by atoms with E-state index in [4.69, 9.17) is 17.7 Å². The second kappa shape index (κ2) is 12.3. The second-order valence-electron chi connectivity index (χ2n) is 4.26. The standard InChI is InChI=1S/C12H28O4Si2/c1-6-7-8-9-10-12(18(15-4)16-5)11-17(13-2)14-3/h12H,6-11H2,1-5H3. The van der Waals surface area contributed by atoms with E-state index in [-0.39, 0.29) is 0 Å². The Morgan fingerprint density at radius 1 is 0.833 bits per heavy atom. The Balaban J connectivity index is 4.22. The van der Waals surface area contributed by atoms with Crippen LogP contribution >= 0.6 is 0 Å². The lowest BCUT2D eigenvalue weighted by molar-refractivity contribution is 0.250. The van der Waals surface area contributed by atoms with E-state index in [1.165, 1.54) is 25.7 Å². The van der Waals surface area contributed by atoms with E-state index >= 15 is 0 Å². The lowest BCUT2D eigenvalue weighted by Gasteiger charge is -2.23. The Bertz CT molecular complexity index is 175. The maximum Gasteiger partial charge on any atom is 0.387 e. The Kier molecular flexibility index (Phi) is 12.5. The highest BCUT2D eigenvalue weighted by Gasteiger charge is 2.31. The Morgan fingerprint density at radius 3 is 1.89 bits per heavy atom. The Morgan fingerprint density at radius 2 is 1.44 bits per heavy atom. The summed E-state index contributed by atoms with van der Waals surface area (Å²) < 4.78 is 21.7. The van der Waals surface area contributed by atoms with Gasteiger partial charge in [0, 0.05) is 34.0 Å². The summed E-state index contributed by atoms with van der Waals surface area (Å²) >= 11 is 0. The van der Waals surface area contributed by atoms with Crippen molar-refractivity contribution in [3.63, 3.8) is 0 Å². The van der Waals surface area contributed by atoms with Crippen LogP contribution in [0, 0.1) is 0 Å². The molecule has 6 heteroatoms. The summed E-state index contributed by atoms with van der Waals surface area (Å²) in [6, 6.07) is 0.944. The van der Waals surface area contributed by atoms with Gasteiger partial charge in [-0.3, -0.25) is 0 Å². The Hall–Kier alpha value is 0.274. The van der Waals surface area contributed by atoms with Crippen molar-refractivity contribution < 1.29 is 17.7 Å². The minimum absolute atomic E-state index is 0.454. The largest absolute Gasteiger partial charge is 0.397 e. The average Bonchev–Trinajstić information content (AvgIpc) is 2.41. The maximum atomic E-state index is 5.49. The molecule has 0 aromatic carbocycles. The molecule has 18 heavy (non-hydrogen) atoms. The molecular formula is C12H28O4Si2. The molecule has 0 saturated heterocycles. The van der Waals surface area contributed by atoms with Gasteiger partial charge in [-0.25, -0.2) is 0 Å². The SMILES string of the molecule is CCCCCCC(C[Si](OC)OC)[Si](OC)OC. The molecule has 0 rings (SSSR count). The normalized spacial score (nSPS) is 13.5. The maximum absolute atomic E-state index is 5.49. The van der Waals surface area contributed by atoms with Gasteiger partial charge >= 0.3 is 18.6 Å². The summed E-state index contributed by atoms with van der Waals surface area (Å²) in [5, 5.41) is 0. The fourth-order valence-electron chi connectivity index (χ4n) is 1.99. The van der Waals surface area contributed by atoms with Crippen molar-refractivity contribution in [1.29, 1.82) is 0 Å². The van der Waals surface area contributed by atoms with Gasteiger partial charge in [-0.1, -0.05) is 32.6 Å². The smallest absolute Gasteiger partial charge is 0.387 e. The summed E-state index contributed by atoms with van der Waals surface area (Å²) in [6.07, 6.45) is 6.25. The van der Waals surface area contributed by atoms with Crippen molar-refractivity contribution >= 4 is 18.6 Å². The van der Waals surface area contributed by atoms with Gasteiger partial charge in [0.2, 0.25) is 0 Å². The van der Waals surface area contributed by atoms with Crippen molar-refractivity contribution in [3.05, 3.63) is 0 Å². The number of hydrogen-bond donors (Lipinski definition) is 0. The topological polar surface area (TPSA) is 36.9 Å². The zero-order valence-corrected chi connectivity index (χ0v) is 14.5. The first-order valence-corrected chi connectivity index (χ1v) is 9.53. The van der Waals surface area contributed by atoms with Crippen LogP contribution in [0.3, 0.4) is 0 Å². The molecular weight excluding hydrogens is 264 g/mol. The number of rotatable bonds is 12. The van der Waals surface area contributed by atoms with E-state index in [1.807, 2.05) is 0 Å². The van der Waals surface area contributed by atoms with Crippen LogP contribution in [0.1, 0.15) is 39.0 Å². The molecule has 4 nitrogen and oxygen atoms in total. The van der Waals surface area contributed by atoms with Crippen LogP contribution in [-0.4, -0.2) is 47.0 Å². The third-order valence-corrected chi connectivity index (χ3v) is 7.12. The molecule has 0 aromatic heterocycles. The summed E-state index contributed by atoms with van der Waals surface area (Å²) in [5.74, 6) is 0. The highest BCUT2D eigenvalue weighted by Crippen LogP contribution is 2.27. The molecule has 0 spiro atoms. The molecule has 2 radical (unpaired) electrons. The second-order valence-corrected chi connectivity index (χ2v) is 8.50.